The Kier molecular flexibility index (Phi) is 3.67. The van der Waals surface area contributed by atoms with Gasteiger partial charge in [-0.2, -0.15) is 0 Å². The van der Waals surface area contributed by atoms with Gasteiger partial charge in [0.1, 0.15) is 4.32 Å². The molecule has 5 nitrogen and oxygen atoms in total. The van der Waals surface area contributed by atoms with Crippen LogP contribution >= 0.6 is 15.9 Å². The Morgan fingerprint density at radius 1 is 0.793 bits per heavy atom. The van der Waals surface area contributed by atoms with E-state index in [1.807, 2.05) is 30.3 Å². The summed E-state index contributed by atoms with van der Waals surface area (Å²) >= 11 is 3.68. The number of rotatable bonds is 3. The Balaban J connectivity index is 1.78. The topological polar surface area (TPSA) is 77.3 Å². The SMILES string of the molecule is O=C1c2ccccc2C(=O)[C@@]2(Br)[C@@H]1[C@@]2(c1ccccc1)c1ccc([N+](=O)[O-])cc1. The third-order valence-corrected chi connectivity index (χ3v) is 7.56. The smallest absolute Gasteiger partial charge is 0.269 e. The highest BCUT2D eigenvalue weighted by molar-refractivity contribution is 9.10. The van der Waals surface area contributed by atoms with E-state index in [-0.39, 0.29) is 17.3 Å². The molecule has 0 unspecified atom stereocenters. The highest BCUT2D eigenvalue weighted by Crippen LogP contribution is 2.74. The van der Waals surface area contributed by atoms with E-state index in [1.165, 1.54) is 12.1 Å². The van der Waals surface area contributed by atoms with Gasteiger partial charge in [-0.1, -0.05) is 82.7 Å². The molecule has 6 heteroatoms. The largest absolute Gasteiger partial charge is 0.294 e. The first-order valence-corrected chi connectivity index (χ1v) is 9.90. The molecule has 29 heavy (non-hydrogen) atoms. The van der Waals surface area contributed by atoms with Crippen molar-refractivity contribution in [1.29, 1.82) is 0 Å². The minimum atomic E-state index is -1.12. The second-order valence-electron chi connectivity index (χ2n) is 7.36. The standard InChI is InChI=1S/C23H14BrNO4/c24-23-20(19(26)17-8-4-5-9-18(17)21(23)27)22(23,14-6-2-1-3-7-14)15-10-12-16(13-11-15)25(28)29/h1-13,20H/t20-,22+,23-/m0/s1. The third kappa shape index (κ3) is 2.09. The number of nitro groups is 1. The van der Waals surface area contributed by atoms with E-state index in [4.69, 9.17) is 0 Å². The molecule has 3 aromatic carbocycles. The molecule has 0 aliphatic heterocycles. The molecule has 5 rings (SSSR count). The lowest BCUT2D eigenvalue weighted by molar-refractivity contribution is -0.384. The van der Waals surface area contributed by atoms with Crippen molar-refractivity contribution >= 4 is 33.2 Å². The summed E-state index contributed by atoms with van der Waals surface area (Å²) < 4.78 is -1.12. The van der Waals surface area contributed by atoms with Crippen molar-refractivity contribution in [3.63, 3.8) is 0 Å². The fraction of sp³-hybridized carbons (Fsp3) is 0.130. The zero-order chi connectivity index (χ0) is 20.4. The number of carbonyl (C=O) groups is 2. The van der Waals surface area contributed by atoms with Gasteiger partial charge in [-0.05, 0) is 11.1 Å². The summed E-state index contributed by atoms with van der Waals surface area (Å²) in [4.78, 5) is 37.7. The number of ketones is 2. The molecule has 0 radical (unpaired) electrons. The molecular formula is C23H14BrNO4. The Morgan fingerprint density at radius 3 is 1.97 bits per heavy atom. The molecule has 0 bridgehead atoms. The Bertz CT molecular complexity index is 1190. The number of nitrogens with zero attached hydrogens (tertiary/aromatic N) is 1. The summed E-state index contributed by atoms with van der Waals surface area (Å²) in [7, 11) is 0. The van der Waals surface area contributed by atoms with E-state index < -0.39 is 20.6 Å². The van der Waals surface area contributed by atoms with Gasteiger partial charge in [0, 0.05) is 23.3 Å². The van der Waals surface area contributed by atoms with E-state index in [0.29, 0.717) is 16.7 Å². The molecule has 2 aliphatic rings. The number of benzene rings is 3. The van der Waals surface area contributed by atoms with Crippen LogP contribution in [0.15, 0.2) is 78.9 Å². The van der Waals surface area contributed by atoms with Gasteiger partial charge in [-0.25, -0.2) is 0 Å². The van der Waals surface area contributed by atoms with Gasteiger partial charge in [0.05, 0.1) is 16.3 Å². The van der Waals surface area contributed by atoms with Gasteiger partial charge in [0.25, 0.3) is 5.69 Å². The van der Waals surface area contributed by atoms with Crippen LogP contribution in [0.3, 0.4) is 0 Å². The Labute approximate surface area is 174 Å². The summed E-state index contributed by atoms with van der Waals surface area (Å²) in [5, 5.41) is 11.1. The molecule has 0 saturated heterocycles. The van der Waals surface area contributed by atoms with E-state index in [2.05, 4.69) is 15.9 Å². The fourth-order valence-electron chi connectivity index (χ4n) is 4.84. The van der Waals surface area contributed by atoms with Gasteiger partial charge in [-0.3, -0.25) is 19.7 Å². The van der Waals surface area contributed by atoms with Crippen LogP contribution in [0.4, 0.5) is 5.69 Å². The molecule has 2 aliphatic carbocycles. The zero-order valence-corrected chi connectivity index (χ0v) is 16.6. The van der Waals surface area contributed by atoms with Crippen molar-refractivity contribution in [3.8, 4) is 0 Å². The first-order valence-electron chi connectivity index (χ1n) is 9.11. The average molecular weight is 448 g/mol. The fourth-order valence-corrected chi connectivity index (χ4v) is 6.18. The lowest BCUT2D eigenvalue weighted by Crippen LogP contribution is -2.31. The molecule has 0 amide bonds. The van der Waals surface area contributed by atoms with Crippen LogP contribution in [0.5, 0.6) is 0 Å². The number of Topliss-reactive ketones (excluding diaryl/α,β-unsaturated/α-hetero) is 2. The summed E-state index contributed by atoms with van der Waals surface area (Å²) in [5.74, 6) is -0.861. The van der Waals surface area contributed by atoms with Crippen molar-refractivity contribution in [1.82, 2.24) is 0 Å². The number of nitro benzene ring substituents is 1. The van der Waals surface area contributed by atoms with Crippen molar-refractivity contribution in [2.45, 2.75) is 9.74 Å². The minimum absolute atomic E-state index is 0.0369. The number of halogens is 1. The molecule has 3 aromatic rings. The molecule has 1 saturated carbocycles. The summed E-state index contributed by atoms with van der Waals surface area (Å²) in [5.41, 5.74) is 1.39. The van der Waals surface area contributed by atoms with Crippen LogP contribution in [0.2, 0.25) is 0 Å². The van der Waals surface area contributed by atoms with Crippen LogP contribution < -0.4 is 0 Å². The summed E-state index contributed by atoms with van der Waals surface area (Å²) in [6, 6.07) is 22.4. The number of carbonyl (C=O) groups excluding carboxylic acids is 2. The minimum Gasteiger partial charge on any atom is -0.294 e. The number of fused-ring (bicyclic) bond motifs is 2. The summed E-state index contributed by atoms with van der Waals surface area (Å²) in [6.07, 6.45) is 0. The second-order valence-corrected chi connectivity index (χ2v) is 8.61. The molecule has 0 aromatic heterocycles. The van der Waals surface area contributed by atoms with E-state index in [9.17, 15) is 19.7 Å². The Morgan fingerprint density at radius 2 is 1.34 bits per heavy atom. The first-order chi connectivity index (χ1) is 13.9. The van der Waals surface area contributed by atoms with Crippen LogP contribution in [-0.2, 0) is 5.41 Å². The average Bonchev–Trinajstić information content (AvgIpc) is 3.35. The van der Waals surface area contributed by atoms with E-state index >= 15 is 0 Å². The van der Waals surface area contributed by atoms with Gasteiger partial charge in [-0.15, -0.1) is 0 Å². The van der Waals surface area contributed by atoms with Gasteiger partial charge >= 0.3 is 0 Å². The lowest BCUT2D eigenvalue weighted by Gasteiger charge is -2.22. The highest BCUT2D eigenvalue weighted by Gasteiger charge is 2.84. The van der Waals surface area contributed by atoms with Gasteiger partial charge in [0.15, 0.2) is 11.6 Å². The molecule has 0 N–H and O–H groups in total. The summed E-state index contributed by atoms with van der Waals surface area (Å²) in [6.45, 7) is 0. The molecule has 1 fully saturated rings. The Hall–Kier alpha value is -3.12. The van der Waals surface area contributed by atoms with Crippen molar-refractivity contribution in [2.75, 3.05) is 0 Å². The first kappa shape index (κ1) is 17.9. The highest BCUT2D eigenvalue weighted by atomic mass is 79.9. The maximum atomic E-state index is 13.6. The van der Waals surface area contributed by atoms with Gasteiger partial charge < -0.3 is 0 Å². The number of alkyl halides is 1. The number of non-ortho nitro benzene ring substituents is 1. The van der Waals surface area contributed by atoms with Gasteiger partial charge in [0.2, 0.25) is 0 Å². The zero-order valence-electron chi connectivity index (χ0n) is 15.0. The molecular weight excluding hydrogens is 434 g/mol. The second kappa shape index (κ2) is 5.94. The van der Waals surface area contributed by atoms with Crippen molar-refractivity contribution in [2.24, 2.45) is 5.92 Å². The normalized spacial score (nSPS) is 27.1. The number of hydrogen-bond donors (Lipinski definition) is 0. The predicted molar refractivity (Wildman–Crippen MR) is 111 cm³/mol. The molecule has 0 spiro atoms. The van der Waals surface area contributed by atoms with Crippen molar-refractivity contribution < 1.29 is 14.5 Å². The van der Waals surface area contributed by atoms with Crippen LogP contribution in [0.25, 0.3) is 0 Å². The molecule has 0 heterocycles. The van der Waals surface area contributed by atoms with Crippen molar-refractivity contribution in [3.05, 3.63) is 111 Å². The van der Waals surface area contributed by atoms with Crippen LogP contribution in [-0.4, -0.2) is 20.8 Å². The van der Waals surface area contributed by atoms with E-state index in [0.717, 1.165) is 5.56 Å². The maximum Gasteiger partial charge on any atom is 0.269 e. The molecule has 142 valence electrons. The number of hydrogen-bond acceptors (Lipinski definition) is 4. The monoisotopic (exact) mass is 447 g/mol. The lowest BCUT2D eigenvalue weighted by atomic mass is 9.83. The predicted octanol–water partition coefficient (Wildman–Crippen LogP) is 4.72. The molecule has 3 atom stereocenters. The third-order valence-electron chi connectivity index (χ3n) is 6.11. The van der Waals surface area contributed by atoms with Crippen LogP contribution in [0, 0.1) is 16.0 Å². The van der Waals surface area contributed by atoms with E-state index in [1.54, 1.807) is 36.4 Å². The van der Waals surface area contributed by atoms with Crippen LogP contribution in [0.1, 0.15) is 31.8 Å². The quantitative estimate of drug-likeness (QED) is 0.330. The maximum absolute atomic E-state index is 13.6.